The van der Waals surface area contributed by atoms with Crippen LogP contribution in [-0.4, -0.2) is 128 Å². The average molecular weight is 602 g/mol. The number of hydrogen-bond acceptors (Lipinski definition) is 8. The molecule has 7 rings (SSSR count). The van der Waals surface area contributed by atoms with Gasteiger partial charge >= 0.3 is 0 Å². The van der Waals surface area contributed by atoms with Crippen LogP contribution >= 0.6 is 0 Å². The van der Waals surface area contributed by atoms with Gasteiger partial charge in [-0.1, -0.05) is 25.7 Å². The summed E-state index contributed by atoms with van der Waals surface area (Å²) in [5.41, 5.74) is 0.205. The first-order chi connectivity index (χ1) is 21.0. The van der Waals surface area contributed by atoms with Crippen molar-refractivity contribution >= 4 is 11.7 Å². The summed E-state index contributed by atoms with van der Waals surface area (Å²) in [6.45, 7) is 6.21. The molecule has 10 atom stereocenters. The van der Waals surface area contributed by atoms with Gasteiger partial charge in [-0.05, 0) is 70.5 Å². The maximum absolute atomic E-state index is 16.1. The molecule has 0 aromatic carbocycles. The number of ketones is 1. The molecule has 9 nitrogen and oxygen atoms in total. The van der Waals surface area contributed by atoms with Gasteiger partial charge in [-0.15, -0.1) is 0 Å². The van der Waals surface area contributed by atoms with Crippen molar-refractivity contribution in [3.05, 3.63) is 11.8 Å². The Labute approximate surface area is 256 Å². The largest absolute Gasteiger partial charge is 0.379 e. The van der Waals surface area contributed by atoms with E-state index in [1.54, 1.807) is 0 Å². The zero-order valence-corrected chi connectivity index (χ0v) is 25.9. The van der Waals surface area contributed by atoms with E-state index in [4.69, 9.17) is 9.47 Å². The summed E-state index contributed by atoms with van der Waals surface area (Å²) in [4.78, 5) is 34.4. The van der Waals surface area contributed by atoms with Crippen LogP contribution in [0.1, 0.15) is 64.2 Å². The van der Waals surface area contributed by atoms with Gasteiger partial charge in [0, 0.05) is 44.3 Å². The van der Waals surface area contributed by atoms with E-state index in [0.29, 0.717) is 37.6 Å². The zero-order chi connectivity index (χ0) is 29.5. The average Bonchev–Trinajstić information content (AvgIpc) is 3.43. The minimum atomic E-state index is -1.19. The molecule has 0 bridgehead atoms. The second-order valence-corrected chi connectivity index (χ2v) is 14.4. The Hall–Kier alpha value is -1.59. The molecule has 1 amide bonds. The van der Waals surface area contributed by atoms with Crippen LogP contribution in [0.3, 0.4) is 0 Å². The van der Waals surface area contributed by atoms with E-state index >= 15 is 4.39 Å². The van der Waals surface area contributed by atoms with Crippen molar-refractivity contribution in [2.45, 2.75) is 107 Å². The molecular weight excluding hydrogens is 549 g/mol. The SMILES string of the molecule is CN1CCCC1CCNC1C(F)CC2C(=O)C(C(=O)NCCN3CCOCC3)=CN3C4CC5CCCCC5CC4OC1C23. The number of carbonyl (C=O) groups excluding carboxylic acids is 2. The number of nitrogens with one attached hydrogen (secondary N) is 2. The predicted molar refractivity (Wildman–Crippen MR) is 161 cm³/mol. The lowest BCUT2D eigenvalue weighted by Gasteiger charge is -2.61. The number of amides is 1. The summed E-state index contributed by atoms with van der Waals surface area (Å²) in [6, 6.07) is 0.0134. The Balaban J connectivity index is 1.11. The van der Waals surface area contributed by atoms with Gasteiger partial charge in [0.25, 0.3) is 5.91 Å². The van der Waals surface area contributed by atoms with Gasteiger partial charge in [-0.3, -0.25) is 14.5 Å². The Morgan fingerprint density at radius 1 is 1.02 bits per heavy atom. The van der Waals surface area contributed by atoms with Crippen molar-refractivity contribution in [3.63, 3.8) is 0 Å². The number of likely N-dealkylation sites (tertiary alicyclic amines) is 1. The molecule has 3 saturated carbocycles. The Kier molecular flexibility index (Phi) is 9.11. The molecule has 0 spiro atoms. The summed E-state index contributed by atoms with van der Waals surface area (Å²) in [5.74, 6) is 0.236. The molecule has 3 saturated heterocycles. The van der Waals surface area contributed by atoms with Gasteiger partial charge in [-0.2, -0.15) is 0 Å². The molecule has 7 aliphatic rings. The number of rotatable bonds is 8. The van der Waals surface area contributed by atoms with Crippen molar-refractivity contribution in [3.8, 4) is 0 Å². The van der Waals surface area contributed by atoms with Gasteiger partial charge in [0.05, 0.1) is 49.1 Å². The third kappa shape index (κ3) is 6.03. The molecule has 10 heteroatoms. The maximum Gasteiger partial charge on any atom is 0.256 e. The summed E-state index contributed by atoms with van der Waals surface area (Å²) in [5, 5.41) is 6.61. The number of halogens is 1. The highest BCUT2D eigenvalue weighted by Gasteiger charge is 2.59. The van der Waals surface area contributed by atoms with Crippen molar-refractivity contribution in [1.29, 1.82) is 0 Å². The highest BCUT2D eigenvalue weighted by atomic mass is 19.1. The van der Waals surface area contributed by atoms with Gasteiger partial charge in [0.2, 0.25) is 0 Å². The number of alkyl halides is 1. The van der Waals surface area contributed by atoms with Crippen molar-refractivity contribution < 1.29 is 23.5 Å². The standard InChI is InChI=1S/C33H52FN5O4/c1-37-11-4-7-23(37)8-9-35-29-26(34)19-24-30-32(29)43-28-18-22-6-3-2-5-21(22)17-27(28)39(30)20-25(31(24)40)33(41)36-10-12-38-13-15-42-16-14-38/h20-24,26-30,32,35H,2-19H2,1H3,(H,36,41). The highest BCUT2D eigenvalue weighted by molar-refractivity contribution is 6.20. The summed E-state index contributed by atoms with van der Waals surface area (Å²) in [7, 11) is 2.18. The van der Waals surface area contributed by atoms with E-state index in [2.05, 4.69) is 32.4 Å². The number of fused-ring (bicyclic) bond motifs is 3. The topological polar surface area (TPSA) is 86.4 Å². The molecule has 240 valence electrons. The molecule has 0 aromatic heterocycles. The number of nitrogens with zero attached hydrogens (tertiary/aromatic N) is 3. The second-order valence-electron chi connectivity index (χ2n) is 14.4. The van der Waals surface area contributed by atoms with E-state index in [0.717, 1.165) is 52.0 Å². The Morgan fingerprint density at radius 3 is 2.58 bits per heavy atom. The van der Waals surface area contributed by atoms with E-state index in [1.165, 1.54) is 38.5 Å². The third-order valence-corrected chi connectivity index (χ3v) is 12.1. The molecule has 3 aliphatic carbocycles. The molecular formula is C33H52FN5O4. The van der Waals surface area contributed by atoms with Crippen LogP contribution in [0.4, 0.5) is 4.39 Å². The summed E-state index contributed by atoms with van der Waals surface area (Å²) < 4.78 is 28.5. The summed E-state index contributed by atoms with van der Waals surface area (Å²) in [6.07, 6.45) is 10.9. The molecule has 43 heavy (non-hydrogen) atoms. The first-order valence-corrected chi connectivity index (χ1v) is 17.3. The number of Topliss-reactive ketones (excluding diaryl/α,β-unsaturated/α-hetero) is 1. The minimum absolute atomic E-state index is 0.00639. The normalized spacial score (nSPS) is 41.7. The van der Waals surface area contributed by atoms with Crippen LogP contribution < -0.4 is 10.6 Å². The molecule has 4 aliphatic heterocycles. The molecule has 0 aromatic rings. The molecule has 6 fully saturated rings. The zero-order valence-electron chi connectivity index (χ0n) is 25.9. The maximum atomic E-state index is 16.1. The number of hydrogen-bond donors (Lipinski definition) is 2. The van der Waals surface area contributed by atoms with Crippen LogP contribution in [0.25, 0.3) is 0 Å². The molecule has 4 heterocycles. The fourth-order valence-electron chi connectivity index (χ4n) is 9.70. The van der Waals surface area contributed by atoms with Gasteiger partial charge in [0.15, 0.2) is 5.78 Å². The lowest BCUT2D eigenvalue weighted by atomic mass is 9.65. The van der Waals surface area contributed by atoms with Crippen molar-refractivity contribution in [2.75, 3.05) is 59.5 Å². The van der Waals surface area contributed by atoms with Crippen LogP contribution in [0.5, 0.6) is 0 Å². The second kappa shape index (κ2) is 13.0. The van der Waals surface area contributed by atoms with Crippen LogP contribution in [0.2, 0.25) is 0 Å². The van der Waals surface area contributed by atoms with E-state index in [1.807, 2.05) is 6.20 Å². The summed E-state index contributed by atoms with van der Waals surface area (Å²) >= 11 is 0. The Morgan fingerprint density at radius 2 is 1.81 bits per heavy atom. The smallest absolute Gasteiger partial charge is 0.256 e. The number of morpholine rings is 2. The van der Waals surface area contributed by atoms with Crippen molar-refractivity contribution in [1.82, 2.24) is 25.3 Å². The minimum Gasteiger partial charge on any atom is -0.379 e. The lowest BCUT2D eigenvalue weighted by Crippen LogP contribution is -2.73. The third-order valence-electron chi connectivity index (χ3n) is 12.1. The fourth-order valence-corrected chi connectivity index (χ4v) is 9.70. The Bertz CT molecular complexity index is 1050. The van der Waals surface area contributed by atoms with Gasteiger partial charge < -0.3 is 29.9 Å². The first-order valence-electron chi connectivity index (χ1n) is 17.3. The lowest BCUT2D eigenvalue weighted by molar-refractivity contribution is -0.208. The molecule has 2 N–H and O–H groups in total. The van der Waals surface area contributed by atoms with E-state index in [-0.39, 0.29) is 41.9 Å². The van der Waals surface area contributed by atoms with Crippen LogP contribution in [0, 0.1) is 17.8 Å². The number of ether oxygens (including phenoxy) is 2. The molecule has 10 unspecified atom stereocenters. The van der Waals surface area contributed by atoms with Crippen molar-refractivity contribution in [2.24, 2.45) is 17.8 Å². The monoisotopic (exact) mass is 601 g/mol. The quantitative estimate of drug-likeness (QED) is 0.410. The van der Waals surface area contributed by atoms with Crippen LogP contribution in [-0.2, 0) is 19.1 Å². The first kappa shape index (κ1) is 30.1. The van der Waals surface area contributed by atoms with Gasteiger partial charge in [-0.25, -0.2) is 4.39 Å². The predicted octanol–water partition coefficient (Wildman–Crippen LogP) is 2.11. The van der Waals surface area contributed by atoms with E-state index < -0.39 is 24.2 Å². The number of carbonyl (C=O) groups is 2. The fraction of sp³-hybridized carbons (Fsp3) is 0.879. The van der Waals surface area contributed by atoms with Crippen LogP contribution in [0.15, 0.2) is 11.8 Å². The van der Waals surface area contributed by atoms with E-state index in [9.17, 15) is 9.59 Å². The highest BCUT2D eigenvalue weighted by Crippen LogP contribution is 2.50. The van der Waals surface area contributed by atoms with Gasteiger partial charge in [0.1, 0.15) is 6.17 Å². The molecule has 0 radical (unpaired) electrons.